The van der Waals surface area contributed by atoms with Crippen LogP contribution >= 0.6 is 0 Å². The Bertz CT molecular complexity index is 1600. The van der Waals surface area contributed by atoms with E-state index in [0.717, 1.165) is 67.0 Å². The zero-order valence-electron chi connectivity index (χ0n) is 28.0. The molecule has 5 rings (SSSR count). The first-order valence-electron chi connectivity index (χ1n) is 16.0. The molecule has 1 fully saturated rings. The SMILES string of the molecule is Cc1ccc(CN2CCc3cc(-c4c(C)nc(C)c([C@H](OC(C)(C)C)C(=O)O)c4N4CCC(C)(C)CC4)ccc3C2)c(F)c1F. The van der Waals surface area contributed by atoms with Crippen molar-refractivity contribution >= 4 is 11.7 Å². The van der Waals surface area contributed by atoms with E-state index in [9.17, 15) is 18.7 Å². The zero-order valence-corrected chi connectivity index (χ0v) is 28.0. The third-order valence-corrected chi connectivity index (χ3v) is 9.31. The second-order valence-corrected chi connectivity index (χ2v) is 14.6. The lowest BCUT2D eigenvalue weighted by Crippen LogP contribution is -2.39. The molecule has 1 atom stereocenters. The Morgan fingerprint density at radius 3 is 2.33 bits per heavy atom. The van der Waals surface area contributed by atoms with Gasteiger partial charge >= 0.3 is 5.97 Å². The summed E-state index contributed by atoms with van der Waals surface area (Å²) in [4.78, 5) is 22.2. The highest BCUT2D eigenvalue weighted by atomic mass is 19.2. The van der Waals surface area contributed by atoms with Crippen LogP contribution in [0.3, 0.4) is 0 Å². The first kappa shape index (κ1) is 33.0. The number of carboxylic acids is 1. The van der Waals surface area contributed by atoms with Crippen LogP contribution < -0.4 is 4.90 Å². The Morgan fingerprint density at radius 1 is 1.00 bits per heavy atom. The molecule has 1 aromatic heterocycles. The summed E-state index contributed by atoms with van der Waals surface area (Å²) >= 11 is 0. The summed E-state index contributed by atoms with van der Waals surface area (Å²) in [7, 11) is 0. The van der Waals surface area contributed by atoms with Crippen molar-refractivity contribution in [3.63, 3.8) is 0 Å². The number of ether oxygens (including phenoxy) is 1. The van der Waals surface area contributed by atoms with Crippen LogP contribution in [0.1, 0.15) is 92.8 Å². The average Bonchev–Trinajstić information content (AvgIpc) is 2.95. The second-order valence-electron chi connectivity index (χ2n) is 14.6. The number of aromatic nitrogens is 1. The number of nitrogens with zero attached hydrogens (tertiary/aromatic N) is 3. The van der Waals surface area contributed by atoms with Crippen LogP contribution in [0.4, 0.5) is 14.5 Å². The molecular formula is C37H47F2N3O3. The third-order valence-electron chi connectivity index (χ3n) is 9.31. The molecule has 0 radical (unpaired) electrons. The van der Waals surface area contributed by atoms with Gasteiger partial charge in [-0.25, -0.2) is 13.6 Å². The standard InChI is InChI=1S/C37H47F2N3O3/c1-22-9-10-28(32(39)31(22)38)21-41-16-13-25-19-26(11-12-27(25)20-41)29-23(2)40-24(3)30(34(35(43)44)45-36(4,5)6)33(29)42-17-14-37(7,8)15-18-42/h9-12,19,34H,13-18,20-21H2,1-8H3,(H,43,44)/t34-/m0/s1. The number of hydrogen-bond donors (Lipinski definition) is 1. The van der Waals surface area contributed by atoms with Gasteiger partial charge in [-0.15, -0.1) is 0 Å². The molecule has 1 N–H and O–H groups in total. The molecular weight excluding hydrogens is 572 g/mol. The molecule has 2 aliphatic rings. The first-order chi connectivity index (χ1) is 21.0. The molecule has 45 heavy (non-hydrogen) atoms. The fraction of sp³-hybridized carbons (Fsp3) is 0.514. The second kappa shape index (κ2) is 12.4. The van der Waals surface area contributed by atoms with Gasteiger partial charge in [0, 0.05) is 60.8 Å². The van der Waals surface area contributed by atoms with E-state index in [0.29, 0.717) is 35.5 Å². The fourth-order valence-corrected chi connectivity index (χ4v) is 6.71. The minimum atomic E-state index is -1.17. The highest BCUT2D eigenvalue weighted by molar-refractivity contribution is 5.88. The van der Waals surface area contributed by atoms with Crippen molar-refractivity contribution in [2.24, 2.45) is 5.41 Å². The van der Waals surface area contributed by atoms with Crippen LogP contribution in [0, 0.1) is 37.8 Å². The lowest BCUT2D eigenvalue weighted by molar-refractivity contribution is -0.160. The normalized spacial score (nSPS) is 17.7. The minimum absolute atomic E-state index is 0.215. The number of carbonyl (C=O) groups is 1. The molecule has 0 amide bonds. The van der Waals surface area contributed by atoms with Crippen molar-refractivity contribution in [3.8, 4) is 11.1 Å². The number of fused-ring (bicyclic) bond motifs is 1. The Labute approximate surface area is 266 Å². The average molecular weight is 620 g/mol. The molecule has 0 saturated carbocycles. The van der Waals surface area contributed by atoms with Gasteiger partial charge in [-0.2, -0.15) is 0 Å². The molecule has 6 nitrogen and oxygen atoms in total. The molecule has 242 valence electrons. The molecule has 2 aromatic carbocycles. The molecule has 0 unspecified atom stereocenters. The van der Waals surface area contributed by atoms with Crippen molar-refractivity contribution in [2.45, 2.75) is 99.4 Å². The quantitative estimate of drug-likeness (QED) is 0.289. The topological polar surface area (TPSA) is 65.9 Å². The highest BCUT2D eigenvalue weighted by Crippen LogP contribution is 2.45. The van der Waals surface area contributed by atoms with Gasteiger partial charge in [-0.05, 0) is 88.5 Å². The number of hydrogen-bond acceptors (Lipinski definition) is 5. The molecule has 8 heteroatoms. The number of aliphatic carboxylic acids is 1. The lowest BCUT2D eigenvalue weighted by atomic mass is 9.81. The van der Waals surface area contributed by atoms with Crippen LogP contribution in [0.2, 0.25) is 0 Å². The van der Waals surface area contributed by atoms with Crippen molar-refractivity contribution in [1.29, 1.82) is 0 Å². The van der Waals surface area contributed by atoms with E-state index in [-0.39, 0.29) is 5.41 Å². The maximum Gasteiger partial charge on any atom is 0.337 e. The fourth-order valence-electron chi connectivity index (χ4n) is 6.71. The molecule has 3 aromatic rings. The summed E-state index contributed by atoms with van der Waals surface area (Å²) in [5.41, 5.74) is 7.56. The number of halogens is 2. The molecule has 1 saturated heterocycles. The van der Waals surface area contributed by atoms with Gasteiger partial charge < -0.3 is 14.7 Å². The number of rotatable bonds is 7. The predicted molar refractivity (Wildman–Crippen MR) is 175 cm³/mol. The van der Waals surface area contributed by atoms with Crippen molar-refractivity contribution in [2.75, 3.05) is 24.5 Å². The number of carboxylic acid groups (broad SMARTS) is 1. The third kappa shape index (κ3) is 7.07. The Balaban J connectivity index is 1.56. The molecule has 0 aliphatic carbocycles. The van der Waals surface area contributed by atoms with Gasteiger partial charge in [0.25, 0.3) is 0 Å². The summed E-state index contributed by atoms with van der Waals surface area (Å²) in [5, 5.41) is 10.5. The highest BCUT2D eigenvalue weighted by Gasteiger charge is 2.36. The van der Waals surface area contributed by atoms with Gasteiger partial charge in [0.15, 0.2) is 17.7 Å². The van der Waals surface area contributed by atoms with Gasteiger partial charge in [0.1, 0.15) is 0 Å². The van der Waals surface area contributed by atoms with Gasteiger partial charge in [-0.1, -0.05) is 44.2 Å². The number of benzene rings is 2. The van der Waals surface area contributed by atoms with Crippen molar-refractivity contribution < 1.29 is 23.4 Å². The van der Waals surface area contributed by atoms with E-state index < -0.39 is 29.3 Å². The Kier molecular flexibility index (Phi) is 9.13. The largest absolute Gasteiger partial charge is 0.479 e. The van der Waals surface area contributed by atoms with Crippen LogP contribution in [-0.2, 0) is 29.0 Å². The summed E-state index contributed by atoms with van der Waals surface area (Å²) < 4.78 is 35.1. The number of aryl methyl sites for hydroxylation is 3. The number of anilines is 1. The summed E-state index contributed by atoms with van der Waals surface area (Å²) in [6.45, 7) is 19.0. The Morgan fingerprint density at radius 2 is 1.69 bits per heavy atom. The number of pyridine rings is 1. The van der Waals surface area contributed by atoms with E-state index in [1.165, 1.54) is 5.56 Å². The van der Waals surface area contributed by atoms with Crippen LogP contribution in [0.25, 0.3) is 11.1 Å². The van der Waals surface area contributed by atoms with Crippen LogP contribution in [-0.4, -0.2) is 46.2 Å². The van der Waals surface area contributed by atoms with Gasteiger partial charge in [0.2, 0.25) is 0 Å². The molecule has 0 spiro atoms. The maximum atomic E-state index is 14.6. The zero-order chi connectivity index (χ0) is 32.8. The lowest BCUT2D eigenvalue weighted by Gasteiger charge is -2.41. The van der Waals surface area contributed by atoms with Crippen LogP contribution in [0.15, 0.2) is 30.3 Å². The minimum Gasteiger partial charge on any atom is -0.479 e. The maximum absolute atomic E-state index is 14.6. The Hall–Kier alpha value is -3.36. The monoisotopic (exact) mass is 619 g/mol. The van der Waals surface area contributed by atoms with Gasteiger partial charge in [-0.3, -0.25) is 9.88 Å². The van der Waals surface area contributed by atoms with E-state index in [2.05, 4.69) is 41.8 Å². The predicted octanol–water partition coefficient (Wildman–Crippen LogP) is 8.08. The number of piperidine rings is 1. The van der Waals surface area contributed by atoms with E-state index in [1.54, 1.807) is 19.1 Å². The van der Waals surface area contributed by atoms with Gasteiger partial charge in [0.05, 0.1) is 11.3 Å². The summed E-state index contributed by atoms with van der Waals surface area (Å²) in [6.07, 6.45) is 1.59. The smallest absolute Gasteiger partial charge is 0.337 e. The molecule has 0 bridgehead atoms. The van der Waals surface area contributed by atoms with E-state index >= 15 is 0 Å². The first-order valence-corrected chi connectivity index (χ1v) is 16.0. The van der Waals surface area contributed by atoms with E-state index in [1.807, 2.05) is 34.6 Å². The summed E-state index contributed by atoms with van der Waals surface area (Å²) in [5.74, 6) is -2.57. The molecule has 3 heterocycles. The van der Waals surface area contributed by atoms with Crippen molar-refractivity contribution in [1.82, 2.24) is 9.88 Å². The van der Waals surface area contributed by atoms with Crippen LogP contribution in [0.5, 0.6) is 0 Å². The summed E-state index contributed by atoms with van der Waals surface area (Å²) in [6, 6.07) is 9.72. The van der Waals surface area contributed by atoms with Crippen molar-refractivity contribution in [3.05, 3.63) is 81.2 Å². The molecule has 2 aliphatic heterocycles. The van der Waals surface area contributed by atoms with E-state index in [4.69, 9.17) is 9.72 Å².